The molecule has 1 atom stereocenters. The van der Waals surface area contributed by atoms with Crippen LogP contribution in [0.4, 0.5) is 10.4 Å². The molecular formula is C15H18FN3O. The van der Waals surface area contributed by atoms with Gasteiger partial charge in [-0.1, -0.05) is 25.1 Å². The molecule has 1 aliphatic rings. The van der Waals surface area contributed by atoms with E-state index < -0.39 is 0 Å². The van der Waals surface area contributed by atoms with Gasteiger partial charge >= 0.3 is 6.01 Å². The summed E-state index contributed by atoms with van der Waals surface area (Å²) in [6, 6.07) is 5.44. The third kappa shape index (κ3) is 2.53. The Balaban J connectivity index is 1.83. The number of nitrogens with one attached hydrogen (secondary N) is 1. The highest BCUT2D eigenvalue weighted by atomic mass is 19.1. The van der Waals surface area contributed by atoms with E-state index in [0.29, 0.717) is 11.8 Å². The lowest BCUT2D eigenvalue weighted by molar-refractivity contribution is 0.412. The molecule has 5 heteroatoms. The SMILES string of the molecule is CC(C)c1noc(NC2CCCc3ccc(F)cc32)n1. The Morgan fingerprint density at radius 1 is 1.40 bits per heavy atom. The second-order valence-corrected chi connectivity index (χ2v) is 5.54. The fourth-order valence-electron chi connectivity index (χ4n) is 2.60. The molecule has 0 spiro atoms. The van der Waals surface area contributed by atoms with Crippen LogP contribution in [0.2, 0.25) is 0 Å². The van der Waals surface area contributed by atoms with Crippen molar-refractivity contribution >= 4 is 6.01 Å². The van der Waals surface area contributed by atoms with E-state index in [1.807, 2.05) is 19.9 Å². The van der Waals surface area contributed by atoms with E-state index in [-0.39, 0.29) is 17.8 Å². The minimum atomic E-state index is -0.203. The van der Waals surface area contributed by atoms with Crippen molar-refractivity contribution in [2.45, 2.75) is 45.1 Å². The number of rotatable bonds is 3. The highest BCUT2D eigenvalue weighted by Crippen LogP contribution is 2.32. The summed E-state index contributed by atoms with van der Waals surface area (Å²) in [5.41, 5.74) is 2.19. The summed E-state index contributed by atoms with van der Waals surface area (Å²) in [6.07, 6.45) is 3.01. The van der Waals surface area contributed by atoms with Gasteiger partial charge in [-0.3, -0.25) is 0 Å². The Morgan fingerprint density at radius 2 is 2.25 bits per heavy atom. The van der Waals surface area contributed by atoms with Gasteiger partial charge in [-0.15, -0.1) is 0 Å². The number of hydrogen-bond acceptors (Lipinski definition) is 4. The summed E-state index contributed by atoms with van der Waals surface area (Å²) in [6.45, 7) is 4.03. The lowest BCUT2D eigenvalue weighted by Crippen LogP contribution is -2.17. The Kier molecular flexibility index (Phi) is 3.42. The van der Waals surface area contributed by atoms with Gasteiger partial charge < -0.3 is 9.84 Å². The van der Waals surface area contributed by atoms with Crippen LogP contribution in [0.25, 0.3) is 0 Å². The first-order valence-electron chi connectivity index (χ1n) is 7.02. The summed E-state index contributed by atoms with van der Waals surface area (Å²) >= 11 is 0. The number of benzene rings is 1. The molecule has 0 radical (unpaired) electrons. The number of anilines is 1. The first kappa shape index (κ1) is 13.1. The summed E-state index contributed by atoms with van der Waals surface area (Å²) in [5, 5.41) is 7.16. The van der Waals surface area contributed by atoms with Crippen molar-refractivity contribution in [1.82, 2.24) is 10.1 Å². The van der Waals surface area contributed by atoms with E-state index >= 15 is 0 Å². The fourth-order valence-corrected chi connectivity index (χ4v) is 2.60. The summed E-state index contributed by atoms with van der Waals surface area (Å²) < 4.78 is 18.6. The molecule has 1 aromatic heterocycles. The van der Waals surface area contributed by atoms with Crippen LogP contribution in [0.3, 0.4) is 0 Å². The van der Waals surface area contributed by atoms with Gasteiger partial charge in [-0.05, 0) is 42.5 Å². The average molecular weight is 275 g/mol. The molecule has 0 saturated carbocycles. The molecule has 1 aromatic carbocycles. The summed E-state index contributed by atoms with van der Waals surface area (Å²) in [4.78, 5) is 4.32. The fraction of sp³-hybridized carbons (Fsp3) is 0.467. The second-order valence-electron chi connectivity index (χ2n) is 5.54. The molecule has 0 aliphatic heterocycles. The van der Waals surface area contributed by atoms with Crippen molar-refractivity contribution in [3.63, 3.8) is 0 Å². The Hall–Kier alpha value is -1.91. The van der Waals surface area contributed by atoms with E-state index in [9.17, 15) is 4.39 Å². The van der Waals surface area contributed by atoms with Gasteiger partial charge in [0.05, 0.1) is 6.04 Å². The molecule has 106 valence electrons. The van der Waals surface area contributed by atoms with E-state index in [2.05, 4.69) is 15.5 Å². The predicted molar refractivity (Wildman–Crippen MR) is 74.1 cm³/mol. The van der Waals surface area contributed by atoms with E-state index in [0.717, 1.165) is 24.8 Å². The topological polar surface area (TPSA) is 51.0 Å². The molecule has 0 fully saturated rings. The number of fused-ring (bicyclic) bond motifs is 1. The molecule has 3 rings (SSSR count). The lowest BCUT2D eigenvalue weighted by atomic mass is 9.88. The maximum Gasteiger partial charge on any atom is 0.321 e. The molecule has 2 aromatic rings. The van der Waals surface area contributed by atoms with Crippen molar-refractivity contribution in [1.29, 1.82) is 0 Å². The summed E-state index contributed by atoms with van der Waals surface area (Å²) in [7, 11) is 0. The zero-order valence-corrected chi connectivity index (χ0v) is 11.7. The molecule has 1 aliphatic carbocycles. The molecule has 20 heavy (non-hydrogen) atoms. The Morgan fingerprint density at radius 3 is 3.00 bits per heavy atom. The quantitative estimate of drug-likeness (QED) is 0.925. The van der Waals surface area contributed by atoms with Gasteiger partial charge in [0.25, 0.3) is 0 Å². The zero-order valence-electron chi connectivity index (χ0n) is 11.7. The highest BCUT2D eigenvalue weighted by molar-refractivity contribution is 5.38. The van der Waals surface area contributed by atoms with E-state index in [1.54, 1.807) is 6.07 Å². The van der Waals surface area contributed by atoms with Crippen molar-refractivity contribution < 1.29 is 8.91 Å². The number of aromatic nitrogens is 2. The van der Waals surface area contributed by atoms with Gasteiger partial charge in [-0.2, -0.15) is 4.98 Å². The number of halogens is 1. The van der Waals surface area contributed by atoms with Crippen LogP contribution in [-0.2, 0) is 6.42 Å². The Bertz CT molecular complexity index is 609. The number of aryl methyl sites for hydroxylation is 1. The molecule has 1 heterocycles. The summed E-state index contributed by atoms with van der Waals surface area (Å²) in [5.74, 6) is 0.707. The lowest BCUT2D eigenvalue weighted by Gasteiger charge is -2.25. The third-order valence-corrected chi connectivity index (χ3v) is 3.68. The molecule has 1 N–H and O–H groups in total. The van der Waals surface area contributed by atoms with Crippen LogP contribution in [0.1, 0.15) is 55.6 Å². The van der Waals surface area contributed by atoms with Gasteiger partial charge in [0, 0.05) is 5.92 Å². The van der Waals surface area contributed by atoms with Gasteiger partial charge in [0.15, 0.2) is 5.82 Å². The Labute approximate surface area is 117 Å². The second kappa shape index (κ2) is 5.23. The standard InChI is InChI=1S/C15H18FN3O/c1-9(2)14-18-15(20-19-14)17-13-5-3-4-10-6-7-11(16)8-12(10)13/h6-9,13H,3-5H2,1-2H3,(H,17,18,19). The largest absolute Gasteiger partial charge is 0.331 e. The molecule has 0 saturated heterocycles. The minimum absolute atomic E-state index is 0.0370. The molecular weight excluding hydrogens is 257 g/mol. The van der Waals surface area contributed by atoms with Crippen molar-refractivity contribution in [3.8, 4) is 0 Å². The van der Waals surface area contributed by atoms with Gasteiger partial charge in [-0.25, -0.2) is 4.39 Å². The highest BCUT2D eigenvalue weighted by Gasteiger charge is 2.22. The first-order chi connectivity index (χ1) is 9.63. The monoisotopic (exact) mass is 275 g/mol. The van der Waals surface area contributed by atoms with Gasteiger partial charge in [0.1, 0.15) is 5.82 Å². The zero-order chi connectivity index (χ0) is 14.1. The van der Waals surface area contributed by atoms with Crippen molar-refractivity contribution in [2.24, 2.45) is 0 Å². The predicted octanol–water partition coefficient (Wildman–Crippen LogP) is 3.82. The van der Waals surface area contributed by atoms with Gasteiger partial charge in [0.2, 0.25) is 0 Å². The minimum Gasteiger partial charge on any atom is -0.331 e. The maximum absolute atomic E-state index is 13.4. The third-order valence-electron chi connectivity index (χ3n) is 3.68. The van der Waals surface area contributed by atoms with Crippen LogP contribution >= 0.6 is 0 Å². The van der Waals surface area contributed by atoms with Crippen molar-refractivity contribution in [3.05, 3.63) is 41.0 Å². The van der Waals surface area contributed by atoms with Crippen LogP contribution in [0.5, 0.6) is 0 Å². The van der Waals surface area contributed by atoms with E-state index in [4.69, 9.17) is 4.52 Å². The normalized spacial score (nSPS) is 18.1. The number of hydrogen-bond donors (Lipinski definition) is 1. The van der Waals surface area contributed by atoms with Crippen LogP contribution in [0.15, 0.2) is 22.7 Å². The average Bonchev–Trinajstić information content (AvgIpc) is 2.88. The van der Waals surface area contributed by atoms with Crippen molar-refractivity contribution in [2.75, 3.05) is 5.32 Å². The van der Waals surface area contributed by atoms with Crippen LogP contribution in [0, 0.1) is 5.82 Å². The molecule has 1 unspecified atom stereocenters. The molecule has 0 bridgehead atoms. The van der Waals surface area contributed by atoms with Crippen LogP contribution in [-0.4, -0.2) is 10.1 Å². The maximum atomic E-state index is 13.4. The smallest absolute Gasteiger partial charge is 0.321 e. The number of nitrogens with zero attached hydrogens (tertiary/aromatic N) is 2. The first-order valence-corrected chi connectivity index (χ1v) is 7.02. The van der Waals surface area contributed by atoms with Crippen LogP contribution < -0.4 is 5.32 Å². The van der Waals surface area contributed by atoms with E-state index in [1.165, 1.54) is 11.6 Å². The molecule has 0 amide bonds. The molecule has 4 nitrogen and oxygen atoms in total.